The normalized spacial score (nSPS) is 19.9. The maximum Gasteiger partial charge on any atom is 0.251 e. The van der Waals surface area contributed by atoms with Crippen molar-refractivity contribution in [2.75, 3.05) is 0 Å². The first-order valence-electron chi connectivity index (χ1n) is 7.31. The molecule has 1 aromatic rings. The molecular formula is C16H23ClN2O. The Morgan fingerprint density at radius 3 is 2.60 bits per heavy atom. The number of rotatable bonds is 2. The lowest BCUT2D eigenvalue weighted by atomic mass is 9.83. The molecule has 1 fully saturated rings. The Bertz CT molecular complexity index is 495. The van der Waals surface area contributed by atoms with Crippen molar-refractivity contribution in [3.8, 4) is 0 Å². The van der Waals surface area contributed by atoms with Crippen LogP contribution in [0.15, 0.2) is 18.2 Å². The van der Waals surface area contributed by atoms with Crippen LogP contribution in [0, 0.1) is 0 Å². The predicted octanol–water partition coefficient (Wildman–Crippen LogP) is 3.16. The zero-order chi connectivity index (χ0) is 13.3. The van der Waals surface area contributed by atoms with E-state index in [2.05, 4.69) is 23.6 Å². The number of benzene rings is 1. The maximum atomic E-state index is 12.4. The van der Waals surface area contributed by atoms with Crippen molar-refractivity contribution < 1.29 is 4.79 Å². The highest BCUT2D eigenvalue weighted by molar-refractivity contribution is 5.95. The van der Waals surface area contributed by atoms with E-state index in [0.29, 0.717) is 0 Å². The lowest BCUT2D eigenvalue weighted by molar-refractivity contribution is 0.0882. The van der Waals surface area contributed by atoms with Gasteiger partial charge in [0.15, 0.2) is 0 Å². The molecule has 1 aliphatic carbocycles. The summed E-state index contributed by atoms with van der Waals surface area (Å²) in [7, 11) is 0. The zero-order valence-corrected chi connectivity index (χ0v) is 12.8. The second-order valence-electron chi connectivity index (χ2n) is 6.16. The quantitative estimate of drug-likeness (QED) is 0.880. The summed E-state index contributed by atoms with van der Waals surface area (Å²) in [4.78, 5) is 12.4. The Morgan fingerprint density at radius 2 is 1.85 bits per heavy atom. The molecule has 0 aromatic heterocycles. The Kier molecular flexibility index (Phi) is 4.71. The summed E-state index contributed by atoms with van der Waals surface area (Å²) in [6.45, 7) is 3.99. The molecule has 20 heavy (non-hydrogen) atoms. The van der Waals surface area contributed by atoms with Gasteiger partial charge in [0.25, 0.3) is 5.91 Å². The van der Waals surface area contributed by atoms with Gasteiger partial charge in [-0.25, -0.2) is 0 Å². The topological polar surface area (TPSA) is 41.1 Å². The molecule has 0 spiro atoms. The van der Waals surface area contributed by atoms with Crippen LogP contribution in [0.25, 0.3) is 0 Å². The highest BCUT2D eigenvalue weighted by Crippen LogP contribution is 2.28. The number of hydrogen-bond donors (Lipinski definition) is 2. The molecular weight excluding hydrogens is 272 g/mol. The van der Waals surface area contributed by atoms with E-state index in [9.17, 15) is 4.79 Å². The smallest absolute Gasteiger partial charge is 0.251 e. The largest absolute Gasteiger partial charge is 0.347 e. The van der Waals surface area contributed by atoms with Crippen molar-refractivity contribution in [2.45, 2.75) is 57.7 Å². The van der Waals surface area contributed by atoms with Crippen LogP contribution in [0.4, 0.5) is 0 Å². The summed E-state index contributed by atoms with van der Waals surface area (Å²) < 4.78 is 0. The van der Waals surface area contributed by atoms with Crippen molar-refractivity contribution in [1.82, 2.24) is 10.6 Å². The lowest BCUT2D eigenvalue weighted by Gasteiger charge is -2.34. The Labute approximate surface area is 126 Å². The molecule has 0 saturated heterocycles. The van der Waals surface area contributed by atoms with E-state index in [1.165, 1.54) is 30.4 Å². The van der Waals surface area contributed by atoms with E-state index in [0.717, 1.165) is 31.5 Å². The molecule has 3 rings (SSSR count). The highest BCUT2D eigenvalue weighted by atomic mass is 35.5. The van der Waals surface area contributed by atoms with Crippen LogP contribution in [0.3, 0.4) is 0 Å². The fraction of sp³-hybridized carbons (Fsp3) is 0.562. The predicted molar refractivity (Wildman–Crippen MR) is 83.2 cm³/mol. The summed E-state index contributed by atoms with van der Waals surface area (Å²) in [6.07, 6.45) is 5.96. The average molecular weight is 295 g/mol. The van der Waals surface area contributed by atoms with Crippen LogP contribution < -0.4 is 10.6 Å². The van der Waals surface area contributed by atoms with Crippen LogP contribution >= 0.6 is 12.4 Å². The molecule has 2 aliphatic rings. The van der Waals surface area contributed by atoms with E-state index in [1.54, 1.807) is 0 Å². The maximum absolute atomic E-state index is 12.4. The van der Waals surface area contributed by atoms with Crippen LogP contribution in [-0.2, 0) is 13.1 Å². The van der Waals surface area contributed by atoms with Crippen molar-refractivity contribution in [2.24, 2.45) is 0 Å². The molecule has 4 heteroatoms. The second-order valence-corrected chi connectivity index (χ2v) is 6.16. The fourth-order valence-corrected chi connectivity index (χ4v) is 3.24. The summed E-state index contributed by atoms with van der Waals surface area (Å²) >= 11 is 0. The van der Waals surface area contributed by atoms with Crippen LogP contribution in [0.1, 0.15) is 60.5 Å². The minimum absolute atomic E-state index is 0. The third-order valence-electron chi connectivity index (χ3n) is 4.47. The van der Waals surface area contributed by atoms with Crippen molar-refractivity contribution in [3.05, 3.63) is 34.9 Å². The number of fused-ring (bicyclic) bond motifs is 1. The molecule has 1 amide bonds. The Morgan fingerprint density at radius 1 is 1.15 bits per heavy atom. The Balaban J connectivity index is 0.00000147. The first kappa shape index (κ1) is 15.3. The fourth-order valence-electron chi connectivity index (χ4n) is 3.24. The third-order valence-corrected chi connectivity index (χ3v) is 4.47. The van der Waals surface area contributed by atoms with Gasteiger partial charge in [-0.2, -0.15) is 0 Å². The van der Waals surface area contributed by atoms with Gasteiger partial charge in [0.05, 0.1) is 0 Å². The summed E-state index contributed by atoms with van der Waals surface area (Å²) in [5, 5.41) is 6.55. The van der Waals surface area contributed by atoms with E-state index in [-0.39, 0.29) is 23.9 Å². The number of nitrogens with one attached hydrogen (secondary N) is 2. The van der Waals surface area contributed by atoms with Gasteiger partial charge in [-0.1, -0.05) is 25.3 Å². The summed E-state index contributed by atoms with van der Waals surface area (Å²) in [5.41, 5.74) is 3.38. The van der Waals surface area contributed by atoms with Crippen molar-refractivity contribution in [3.63, 3.8) is 0 Å². The minimum atomic E-state index is -0.00734. The average Bonchev–Trinajstić information content (AvgIpc) is 2.86. The number of carbonyl (C=O) groups is 1. The SMILES string of the molecule is CC1(NC(=O)c2ccc3c(c2)CNC3)CCCCC1.Cl. The van der Waals surface area contributed by atoms with Crippen LogP contribution in [0.5, 0.6) is 0 Å². The highest BCUT2D eigenvalue weighted by Gasteiger charge is 2.28. The second kappa shape index (κ2) is 6.15. The van der Waals surface area contributed by atoms with Gasteiger partial charge in [-0.3, -0.25) is 4.79 Å². The van der Waals surface area contributed by atoms with Gasteiger partial charge >= 0.3 is 0 Å². The molecule has 1 aromatic carbocycles. The van der Waals surface area contributed by atoms with Gasteiger partial charge in [-0.15, -0.1) is 12.4 Å². The number of halogens is 1. The van der Waals surface area contributed by atoms with Crippen LogP contribution in [0.2, 0.25) is 0 Å². The molecule has 3 nitrogen and oxygen atoms in total. The van der Waals surface area contributed by atoms with Gasteiger partial charge < -0.3 is 10.6 Å². The molecule has 0 atom stereocenters. The first-order chi connectivity index (χ1) is 9.16. The van der Waals surface area contributed by atoms with E-state index in [1.807, 2.05) is 12.1 Å². The van der Waals surface area contributed by atoms with Gasteiger partial charge in [-0.05, 0) is 43.0 Å². The van der Waals surface area contributed by atoms with Crippen molar-refractivity contribution in [1.29, 1.82) is 0 Å². The molecule has 110 valence electrons. The standard InChI is InChI=1S/C16H22N2O.ClH/c1-16(7-3-2-4-8-16)18-15(19)12-5-6-13-10-17-11-14(13)9-12;/h5-6,9,17H,2-4,7-8,10-11H2,1H3,(H,18,19);1H. The zero-order valence-electron chi connectivity index (χ0n) is 12.0. The first-order valence-corrected chi connectivity index (χ1v) is 7.31. The molecule has 1 heterocycles. The van der Waals surface area contributed by atoms with Gasteiger partial charge in [0, 0.05) is 24.2 Å². The third kappa shape index (κ3) is 3.15. The van der Waals surface area contributed by atoms with Gasteiger partial charge in [0.2, 0.25) is 0 Å². The van der Waals surface area contributed by atoms with E-state index >= 15 is 0 Å². The molecule has 0 radical (unpaired) electrons. The summed E-state index contributed by atoms with van der Waals surface area (Å²) in [5.74, 6) is 0.0825. The number of carbonyl (C=O) groups excluding carboxylic acids is 1. The molecule has 0 unspecified atom stereocenters. The minimum Gasteiger partial charge on any atom is -0.347 e. The monoisotopic (exact) mass is 294 g/mol. The van der Waals surface area contributed by atoms with E-state index in [4.69, 9.17) is 0 Å². The Hall–Kier alpha value is -1.06. The summed E-state index contributed by atoms with van der Waals surface area (Å²) in [6, 6.07) is 6.07. The van der Waals surface area contributed by atoms with Crippen molar-refractivity contribution >= 4 is 18.3 Å². The number of hydrogen-bond acceptors (Lipinski definition) is 2. The molecule has 2 N–H and O–H groups in total. The van der Waals surface area contributed by atoms with Gasteiger partial charge in [0.1, 0.15) is 0 Å². The van der Waals surface area contributed by atoms with Crippen LogP contribution in [-0.4, -0.2) is 11.4 Å². The molecule has 0 bridgehead atoms. The van der Waals surface area contributed by atoms with E-state index < -0.39 is 0 Å². The molecule has 1 aliphatic heterocycles. The molecule has 1 saturated carbocycles. The number of amides is 1. The lowest BCUT2D eigenvalue weighted by Crippen LogP contribution is -2.47.